The Labute approximate surface area is 146 Å². The molecule has 1 heterocycles. The molecule has 3 rings (SSSR count). The summed E-state index contributed by atoms with van der Waals surface area (Å²) in [5, 5.41) is 0.567. The summed E-state index contributed by atoms with van der Waals surface area (Å²) < 4.78 is 5.74. The quantitative estimate of drug-likeness (QED) is 0.781. The van der Waals surface area contributed by atoms with Gasteiger partial charge in [-0.3, -0.25) is 4.90 Å². The zero-order valence-corrected chi connectivity index (χ0v) is 14.1. The van der Waals surface area contributed by atoms with E-state index in [-0.39, 0.29) is 0 Å². The smallest absolute Gasteiger partial charge is 0.161 e. The third-order valence-electron chi connectivity index (χ3n) is 4.02. The molecule has 0 saturated carbocycles. The molecule has 2 aromatic rings. The Morgan fingerprint density at radius 3 is 2.54 bits per heavy atom. The van der Waals surface area contributed by atoms with Crippen molar-refractivity contribution < 1.29 is 9.53 Å². The molecule has 0 unspecified atom stereocenters. The summed E-state index contributed by atoms with van der Waals surface area (Å²) in [6, 6.07) is 17.6. The predicted octanol–water partition coefficient (Wildman–Crippen LogP) is 3.21. The molecule has 1 aliphatic heterocycles. The van der Waals surface area contributed by atoms with Gasteiger partial charge in [0.25, 0.3) is 0 Å². The molecule has 0 atom stereocenters. The highest BCUT2D eigenvalue weighted by atomic mass is 35.5. The van der Waals surface area contributed by atoms with Crippen molar-refractivity contribution >= 4 is 17.5 Å². The monoisotopic (exact) mass is 342 g/mol. The SMILES string of the molecule is O=C=C1CN(Cc2ccccc2)CCN1COc1ccccc1Cl. The third-order valence-corrected chi connectivity index (χ3v) is 4.33. The second-order valence-corrected chi connectivity index (χ2v) is 6.12. The Morgan fingerprint density at radius 2 is 1.79 bits per heavy atom. The van der Waals surface area contributed by atoms with E-state index in [0.29, 0.717) is 29.7 Å². The topological polar surface area (TPSA) is 32.8 Å². The zero-order chi connectivity index (χ0) is 16.8. The largest absolute Gasteiger partial charge is 0.472 e. The number of halogens is 1. The maximum Gasteiger partial charge on any atom is 0.161 e. The summed E-state index contributed by atoms with van der Waals surface area (Å²) in [6.07, 6.45) is 0. The van der Waals surface area contributed by atoms with Crippen LogP contribution in [0, 0.1) is 0 Å². The van der Waals surface area contributed by atoms with E-state index in [1.165, 1.54) is 5.56 Å². The Bertz CT molecular complexity index is 729. The van der Waals surface area contributed by atoms with E-state index >= 15 is 0 Å². The first-order valence-corrected chi connectivity index (χ1v) is 8.26. The first-order valence-electron chi connectivity index (χ1n) is 7.89. The highest BCUT2D eigenvalue weighted by Gasteiger charge is 2.22. The van der Waals surface area contributed by atoms with E-state index < -0.39 is 0 Å². The average molecular weight is 343 g/mol. The minimum absolute atomic E-state index is 0.299. The number of nitrogens with zero attached hydrogens (tertiary/aromatic N) is 2. The van der Waals surface area contributed by atoms with Crippen LogP contribution in [0.2, 0.25) is 5.02 Å². The molecule has 0 spiro atoms. The number of carbonyl (C=O) groups excluding carboxylic acids is 1. The average Bonchev–Trinajstić information content (AvgIpc) is 2.62. The van der Waals surface area contributed by atoms with Crippen LogP contribution in [0.25, 0.3) is 0 Å². The van der Waals surface area contributed by atoms with Crippen molar-refractivity contribution in [2.24, 2.45) is 0 Å². The molecular formula is C19H19ClN2O2. The first-order chi connectivity index (χ1) is 11.8. The van der Waals surface area contributed by atoms with E-state index in [9.17, 15) is 4.79 Å². The fourth-order valence-electron chi connectivity index (χ4n) is 2.71. The molecule has 1 saturated heterocycles. The molecule has 0 aromatic heterocycles. The van der Waals surface area contributed by atoms with Crippen molar-refractivity contribution in [3.63, 3.8) is 0 Å². The fourth-order valence-corrected chi connectivity index (χ4v) is 2.90. The lowest BCUT2D eigenvalue weighted by Crippen LogP contribution is -2.45. The number of para-hydroxylation sites is 1. The number of ether oxygens (including phenoxy) is 1. The van der Waals surface area contributed by atoms with Gasteiger partial charge >= 0.3 is 0 Å². The van der Waals surface area contributed by atoms with Crippen LogP contribution in [0.1, 0.15) is 5.56 Å². The second-order valence-electron chi connectivity index (χ2n) is 5.71. The molecule has 0 N–H and O–H groups in total. The molecule has 0 radical (unpaired) electrons. The van der Waals surface area contributed by atoms with Crippen LogP contribution in [0.3, 0.4) is 0 Å². The maximum absolute atomic E-state index is 11.3. The predicted molar refractivity (Wildman–Crippen MR) is 94.6 cm³/mol. The van der Waals surface area contributed by atoms with Crippen LogP contribution in [0.4, 0.5) is 0 Å². The van der Waals surface area contributed by atoms with Gasteiger partial charge in [-0.15, -0.1) is 0 Å². The zero-order valence-electron chi connectivity index (χ0n) is 13.3. The number of hydrogen-bond donors (Lipinski definition) is 0. The lowest BCUT2D eigenvalue weighted by atomic mass is 10.2. The van der Waals surface area contributed by atoms with Crippen molar-refractivity contribution in [2.75, 3.05) is 26.4 Å². The fraction of sp³-hybridized carbons (Fsp3) is 0.263. The van der Waals surface area contributed by atoms with Crippen molar-refractivity contribution in [1.29, 1.82) is 0 Å². The van der Waals surface area contributed by atoms with Crippen LogP contribution >= 0.6 is 11.6 Å². The molecule has 24 heavy (non-hydrogen) atoms. The molecule has 4 nitrogen and oxygen atoms in total. The van der Waals surface area contributed by atoms with Crippen molar-refractivity contribution in [3.8, 4) is 5.75 Å². The van der Waals surface area contributed by atoms with Crippen LogP contribution < -0.4 is 4.74 Å². The van der Waals surface area contributed by atoms with Crippen LogP contribution in [0.5, 0.6) is 5.75 Å². The first kappa shape index (κ1) is 16.6. The number of piperazine rings is 1. The van der Waals surface area contributed by atoms with Gasteiger partial charge in [0, 0.05) is 26.2 Å². The molecule has 2 aromatic carbocycles. The van der Waals surface area contributed by atoms with Gasteiger partial charge in [0.2, 0.25) is 0 Å². The molecule has 0 amide bonds. The highest BCUT2D eigenvalue weighted by Crippen LogP contribution is 2.24. The Hall–Kier alpha value is -2.26. The summed E-state index contributed by atoms with van der Waals surface area (Å²) in [5.74, 6) is 2.68. The minimum Gasteiger partial charge on any atom is -0.472 e. The number of rotatable bonds is 5. The normalized spacial score (nSPS) is 15.2. The van der Waals surface area contributed by atoms with Gasteiger partial charge < -0.3 is 9.64 Å². The van der Waals surface area contributed by atoms with E-state index in [1.807, 2.05) is 41.3 Å². The van der Waals surface area contributed by atoms with Crippen molar-refractivity contribution in [1.82, 2.24) is 9.80 Å². The molecular weight excluding hydrogens is 324 g/mol. The summed E-state index contributed by atoms with van der Waals surface area (Å²) in [4.78, 5) is 15.5. The van der Waals surface area contributed by atoms with Crippen molar-refractivity contribution in [2.45, 2.75) is 6.54 Å². The molecule has 0 aliphatic carbocycles. The Balaban J connectivity index is 1.58. The Kier molecular flexibility index (Phi) is 5.55. The van der Waals surface area contributed by atoms with Gasteiger partial charge in [0.1, 0.15) is 17.4 Å². The van der Waals surface area contributed by atoms with E-state index in [2.05, 4.69) is 23.0 Å². The van der Waals surface area contributed by atoms with Gasteiger partial charge in [-0.1, -0.05) is 54.1 Å². The molecule has 1 fully saturated rings. The third kappa shape index (κ3) is 4.18. The van der Waals surface area contributed by atoms with Gasteiger partial charge in [-0.2, -0.15) is 0 Å². The number of benzene rings is 2. The van der Waals surface area contributed by atoms with Gasteiger partial charge in [-0.05, 0) is 17.7 Å². The molecule has 124 valence electrons. The van der Waals surface area contributed by atoms with Crippen LogP contribution in [-0.2, 0) is 11.3 Å². The Morgan fingerprint density at radius 1 is 1.04 bits per heavy atom. The summed E-state index contributed by atoms with van der Waals surface area (Å²) in [7, 11) is 0. The van der Waals surface area contributed by atoms with Gasteiger partial charge in [-0.25, -0.2) is 4.79 Å². The minimum atomic E-state index is 0.299. The van der Waals surface area contributed by atoms with E-state index in [1.54, 1.807) is 6.07 Å². The highest BCUT2D eigenvalue weighted by molar-refractivity contribution is 6.32. The number of hydrogen-bond acceptors (Lipinski definition) is 4. The van der Waals surface area contributed by atoms with Crippen LogP contribution in [-0.4, -0.2) is 42.1 Å². The standard InChI is InChI=1S/C19H19ClN2O2/c20-18-8-4-5-9-19(18)24-15-22-11-10-21(13-17(22)14-23)12-16-6-2-1-3-7-16/h1-9H,10-13,15H2. The maximum atomic E-state index is 11.3. The lowest BCUT2D eigenvalue weighted by molar-refractivity contribution is 0.102. The summed E-state index contributed by atoms with van der Waals surface area (Å²) in [6.45, 7) is 3.29. The van der Waals surface area contributed by atoms with Gasteiger partial charge in [0.05, 0.1) is 5.02 Å². The van der Waals surface area contributed by atoms with Crippen LogP contribution in [0.15, 0.2) is 60.3 Å². The molecule has 1 aliphatic rings. The van der Waals surface area contributed by atoms with Crippen molar-refractivity contribution in [3.05, 3.63) is 70.9 Å². The lowest BCUT2D eigenvalue weighted by Gasteiger charge is -2.36. The van der Waals surface area contributed by atoms with E-state index in [4.69, 9.17) is 16.3 Å². The summed E-state index contributed by atoms with van der Waals surface area (Å²) in [5.41, 5.74) is 1.85. The van der Waals surface area contributed by atoms with E-state index in [0.717, 1.165) is 19.6 Å². The molecule has 5 heteroatoms. The second kappa shape index (κ2) is 8.02. The van der Waals surface area contributed by atoms with Gasteiger partial charge in [0.15, 0.2) is 6.73 Å². The summed E-state index contributed by atoms with van der Waals surface area (Å²) >= 11 is 6.09. The molecule has 0 bridgehead atoms.